The number of benzene rings is 1. The minimum Gasteiger partial charge on any atom is -0.377 e. The van der Waals surface area contributed by atoms with Gasteiger partial charge in [-0.15, -0.1) is 0 Å². The number of hydrogen-bond acceptors (Lipinski definition) is 3. The second kappa shape index (κ2) is 10.8. The summed E-state index contributed by atoms with van der Waals surface area (Å²) in [6, 6.07) is 5.91. The predicted octanol–water partition coefficient (Wildman–Crippen LogP) is 4.28. The van der Waals surface area contributed by atoms with E-state index in [4.69, 9.17) is 0 Å². The van der Waals surface area contributed by atoms with Crippen LogP contribution in [0.2, 0.25) is 0 Å². The highest BCUT2D eigenvalue weighted by atomic mass is 16.2. The van der Waals surface area contributed by atoms with Gasteiger partial charge in [-0.1, -0.05) is 27.7 Å². The molecule has 0 saturated carbocycles. The van der Waals surface area contributed by atoms with Crippen molar-refractivity contribution in [2.75, 3.05) is 30.9 Å². The summed E-state index contributed by atoms with van der Waals surface area (Å²) in [6.45, 7) is 9.38. The first kappa shape index (κ1) is 22.0. The quantitative estimate of drug-likeness (QED) is 0.677. The SMILES string of the molecule is CCCN(Cc1cc(NC(=O)CC)ccc1N(C)C)C(=O)C(CC)CC. The lowest BCUT2D eigenvalue weighted by Crippen LogP contribution is -2.36. The molecule has 0 aliphatic carbocycles. The van der Waals surface area contributed by atoms with Crippen LogP contribution in [-0.4, -0.2) is 37.4 Å². The predicted molar refractivity (Wildman–Crippen MR) is 109 cm³/mol. The normalized spacial score (nSPS) is 10.7. The average molecular weight is 362 g/mol. The third-order valence-electron chi connectivity index (χ3n) is 4.67. The monoisotopic (exact) mass is 361 g/mol. The number of carbonyl (C=O) groups excluding carboxylic acids is 2. The largest absolute Gasteiger partial charge is 0.377 e. The van der Waals surface area contributed by atoms with Crippen molar-refractivity contribution < 1.29 is 9.59 Å². The van der Waals surface area contributed by atoms with E-state index < -0.39 is 0 Å². The molecule has 0 aliphatic heterocycles. The van der Waals surface area contributed by atoms with Gasteiger partial charge in [-0.3, -0.25) is 9.59 Å². The Hall–Kier alpha value is -2.04. The van der Waals surface area contributed by atoms with E-state index >= 15 is 0 Å². The molecular formula is C21H35N3O2. The van der Waals surface area contributed by atoms with E-state index in [1.807, 2.05) is 49.0 Å². The van der Waals surface area contributed by atoms with Crippen molar-refractivity contribution in [3.63, 3.8) is 0 Å². The topological polar surface area (TPSA) is 52.7 Å². The summed E-state index contributed by atoms with van der Waals surface area (Å²) in [5.74, 6) is 0.295. The highest BCUT2D eigenvalue weighted by molar-refractivity contribution is 5.91. The number of rotatable bonds is 10. The molecule has 0 radical (unpaired) electrons. The first-order chi connectivity index (χ1) is 12.4. The van der Waals surface area contributed by atoms with Gasteiger partial charge in [0.2, 0.25) is 11.8 Å². The number of nitrogens with zero attached hydrogens (tertiary/aromatic N) is 2. The number of nitrogens with one attached hydrogen (secondary N) is 1. The Balaban J connectivity index is 3.16. The lowest BCUT2D eigenvalue weighted by Gasteiger charge is -2.28. The molecular weight excluding hydrogens is 326 g/mol. The maximum Gasteiger partial charge on any atom is 0.225 e. The zero-order valence-corrected chi connectivity index (χ0v) is 17.3. The van der Waals surface area contributed by atoms with Gasteiger partial charge in [0.25, 0.3) is 0 Å². The van der Waals surface area contributed by atoms with Gasteiger partial charge in [0.1, 0.15) is 0 Å². The summed E-state index contributed by atoms with van der Waals surface area (Å²) < 4.78 is 0. The molecule has 5 heteroatoms. The van der Waals surface area contributed by atoms with Crippen molar-refractivity contribution in [1.29, 1.82) is 0 Å². The molecule has 0 bridgehead atoms. The van der Waals surface area contributed by atoms with Gasteiger partial charge in [-0.05, 0) is 43.0 Å². The van der Waals surface area contributed by atoms with Gasteiger partial charge < -0.3 is 15.1 Å². The lowest BCUT2D eigenvalue weighted by atomic mass is 10.0. The third-order valence-corrected chi connectivity index (χ3v) is 4.67. The Bertz CT molecular complexity index is 595. The van der Waals surface area contributed by atoms with E-state index in [0.29, 0.717) is 13.0 Å². The van der Waals surface area contributed by atoms with Gasteiger partial charge in [0, 0.05) is 50.9 Å². The fourth-order valence-corrected chi connectivity index (χ4v) is 3.11. The van der Waals surface area contributed by atoms with Crippen LogP contribution in [0.3, 0.4) is 0 Å². The second-order valence-corrected chi connectivity index (χ2v) is 6.91. The Morgan fingerprint density at radius 2 is 1.73 bits per heavy atom. The Kier molecular flexibility index (Phi) is 9.17. The van der Waals surface area contributed by atoms with Gasteiger partial charge in [0.15, 0.2) is 0 Å². The molecule has 0 saturated heterocycles. The zero-order valence-electron chi connectivity index (χ0n) is 17.3. The van der Waals surface area contributed by atoms with E-state index in [2.05, 4.69) is 26.1 Å². The summed E-state index contributed by atoms with van der Waals surface area (Å²) in [7, 11) is 3.99. The molecule has 0 unspecified atom stereocenters. The maximum absolute atomic E-state index is 12.9. The summed E-state index contributed by atoms with van der Waals surface area (Å²) in [6.07, 6.45) is 3.10. The van der Waals surface area contributed by atoms with Crippen LogP contribution in [0.25, 0.3) is 0 Å². The standard InChI is InChI=1S/C21H35N3O2/c1-7-13-24(21(26)16(8-2)9-3)15-17-14-18(22-20(25)10-4)11-12-19(17)23(5)6/h11-12,14,16H,7-10,13,15H2,1-6H3,(H,22,25). The molecule has 1 aromatic rings. The number of carbonyl (C=O) groups is 2. The van der Waals surface area contributed by atoms with Crippen LogP contribution in [0.1, 0.15) is 58.9 Å². The van der Waals surface area contributed by atoms with Gasteiger partial charge in [-0.2, -0.15) is 0 Å². The first-order valence-electron chi connectivity index (χ1n) is 9.76. The Morgan fingerprint density at radius 3 is 2.23 bits per heavy atom. The van der Waals surface area contributed by atoms with Crippen molar-refractivity contribution in [3.8, 4) is 0 Å². The molecule has 1 rings (SSSR count). The maximum atomic E-state index is 12.9. The highest BCUT2D eigenvalue weighted by Gasteiger charge is 2.22. The van der Waals surface area contributed by atoms with Crippen molar-refractivity contribution in [3.05, 3.63) is 23.8 Å². The summed E-state index contributed by atoms with van der Waals surface area (Å²) in [4.78, 5) is 28.7. The number of amides is 2. The smallest absolute Gasteiger partial charge is 0.225 e. The van der Waals surface area contributed by atoms with Crippen LogP contribution >= 0.6 is 0 Å². The van der Waals surface area contributed by atoms with Crippen LogP contribution < -0.4 is 10.2 Å². The summed E-state index contributed by atoms with van der Waals surface area (Å²) >= 11 is 0. The van der Waals surface area contributed by atoms with Crippen molar-refractivity contribution in [2.45, 2.75) is 59.9 Å². The van der Waals surface area contributed by atoms with E-state index in [0.717, 1.165) is 42.7 Å². The van der Waals surface area contributed by atoms with Crippen LogP contribution in [-0.2, 0) is 16.1 Å². The summed E-state index contributed by atoms with van der Waals surface area (Å²) in [5.41, 5.74) is 2.90. The van der Waals surface area contributed by atoms with Crippen LogP contribution in [0.4, 0.5) is 11.4 Å². The minimum atomic E-state index is -0.00734. The van der Waals surface area contributed by atoms with E-state index in [9.17, 15) is 9.59 Å². The first-order valence-corrected chi connectivity index (χ1v) is 9.76. The molecule has 1 aromatic carbocycles. The van der Waals surface area contributed by atoms with Gasteiger partial charge >= 0.3 is 0 Å². The van der Waals surface area contributed by atoms with Gasteiger partial charge in [0.05, 0.1) is 0 Å². The number of anilines is 2. The van der Waals surface area contributed by atoms with Crippen LogP contribution in [0, 0.1) is 5.92 Å². The van der Waals surface area contributed by atoms with Crippen molar-refractivity contribution in [1.82, 2.24) is 4.90 Å². The molecule has 1 N–H and O–H groups in total. The highest BCUT2D eigenvalue weighted by Crippen LogP contribution is 2.26. The van der Waals surface area contributed by atoms with E-state index in [-0.39, 0.29) is 17.7 Å². The van der Waals surface area contributed by atoms with Gasteiger partial charge in [-0.25, -0.2) is 0 Å². The average Bonchev–Trinajstić information content (AvgIpc) is 2.62. The Labute approximate surface area is 158 Å². The molecule has 146 valence electrons. The molecule has 0 atom stereocenters. The Morgan fingerprint density at radius 1 is 1.08 bits per heavy atom. The lowest BCUT2D eigenvalue weighted by molar-refractivity contribution is -0.136. The molecule has 5 nitrogen and oxygen atoms in total. The fraction of sp³-hybridized carbons (Fsp3) is 0.619. The van der Waals surface area contributed by atoms with Crippen molar-refractivity contribution in [2.24, 2.45) is 5.92 Å². The van der Waals surface area contributed by atoms with Crippen molar-refractivity contribution >= 4 is 23.2 Å². The second-order valence-electron chi connectivity index (χ2n) is 6.91. The molecule has 0 aliphatic rings. The molecule has 2 amide bonds. The van der Waals surface area contributed by atoms with E-state index in [1.54, 1.807) is 0 Å². The molecule has 0 aromatic heterocycles. The van der Waals surface area contributed by atoms with Crippen LogP contribution in [0.5, 0.6) is 0 Å². The minimum absolute atomic E-state index is 0.00734. The number of hydrogen-bond donors (Lipinski definition) is 1. The molecule has 0 fully saturated rings. The zero-order chi connectivity index (χ0) is 19.7. The molecule has 26 heavy (non-hydrogen) atoms. The fourth-order valence-electron chi connectivity index (χ4n) is 3.11. The molecule has 0 heterocycles. The third kappa shape index (κ3) is 6.04. The molecule has 0 spiro atoms. The summed E-state index contributed by atoms with van der Waals surface area (Å²) in [5, 5.41) is 2.92. The van der Waals surface area contributed by atoms with E-state index in [1.165, 1.54) is 0 Å². The van der Waals surface area contributed by atoms with Crippen LogP contribution in [0.15, 0.2) is 18.2 Å².